The van der Waals surface area contributed by atoms with Gasteiger partial charge in [0.05, 0.1) is 27.1 Å². The molecular formula is C16H20O16. The molecule has 16 nitrogen and oxygen atoms in total. The fourth-order valence-electron chi connectivity index (χ4n) is 2.57. The van der Waals surface area contributed by atoms with Crippen LogP contribution in [0.15, 0.2) is 0 Å². The van der Waals surface area contributed by atoms with Gasteiger partial charge in [-0.1, -0.05) is 0 Å². The van der Waals surface area contributed by atoms with Crippen molar-refractivity contribution in [3.63, 3.8) is 0 Å². The molecule has 2 heterocycles. The number of aliphatic hydroxyl groups excluding tert-OH is 2. The van der Waals surface area contributed by atoms with Crippen LogP contribution in [0.25, 0.3) is 0 Å². The Hall–Kier alpha value is -3.34. The fourth-order valence-corrected chi connectivity index (χ4v) is 2.57. The van der Waals surface area contributed by atoms with Crippen molar-refractivity contribution in [2.45, 2.75) is 36.3 Å². The fraction of sp³-hybridized carbons (Fsp3) is 0.625. The van der Waals surface area contributed by atoms with Crippen LogP contribution in [0.1, 0.15) is 12.8 Å². The molecule has 0 radical (unpaired) electrons. The maximum atomic E-state index is 11.3. The summed E-state index contributed by atoms with van der Waals surface area (Å²) in [6.07, 6.45) is -5.84. The molecule has 0 bridgehead atoms. The van der Waals surface area contributed by atoms with E-state index in [0.717, 1.165) is 14.2 Å². The number of carboxylic acid groups (broad SMARTS) is 2. The van der Waals surface area contributed by atoms with E-state index in [4.69, 9.17) is 19.7 Å². The Morgan fingerprint density at radius 2 is 1.34 bits per heavy atom. The molecule has 2 rings (SSSR count). The van der Waals surface area contributed by atoms with E-state index in [1.807, 2.05) is 0 Å². The third kappa shape index (κ3) is 5.47. The molecule has 0 aromatic carbocycles. The molecule has 180 valence electrons. The molecule has 16 heteroatoms. The van der Waals surface area contributed by atoms with E-state index in [2.05, 4.69) is 18.9 Å². The summed E-state index contributed by atoms with van der Waals surface area (Å²) in [6.45, 7) is -1.03. The van der Waals surface area contributed by atoms with Crippen LogP contribution in [-0.4, -0.2) is 107 Å². The number of ether oxygens (including phenoxy) is 6. The Kier molecular flexibility index (Phi) is 9.01. The monoisotopic (exact) mass is 468 g/mol. The molecule has 4 atom stereocenters. The van der Waals surface area contributed by atoms with Gasteiger partial charge >= 0.3 is 35.8 Å². The highest BCUT2D eigenvalue weighted by Gasteiger charge is 2.58. The first kappa shape index (κ1) is 26.7. The van der Waals surface area contributed by atoms with Crippen molar-refractivity contribution in [3.05, 3.63) is 0 Å². The van der Waals surface area contributed by atoms with Crippen molar-refractivity contribution in [2.75, 3.05) is 27.8 Å². The first-order chi connectivity index (χ1) is 14.9. The minimum atomic E-state index is -2.22. The standard InChI is InChI=1S/2C8H10O8/c1-14-4(9)2-8(5(10)6(11)12)7(13)15-3-16-8;1-14-6(12)5(11)8(2-4(9)10)7(13)15-3-16-8/h5,10H,2-3H2,1H3,(H,11,12);5,11H,2-3H2,1H3,(H,9,10). The number of aliphatic carboxylic acids is 2. The van der Waals surface area contributed by atoms with Crippen LogP contribution >= 0.6 is 0 Å². The van der Waals surface area contributed by atoms with Crippen molar-refractivity contribution in [1.82, 2.24) is 0 Å². The van der Waals surface area contributed by atoms with Gasteiger partial charge in [0.15, 0.2) is 25.8 Å². The van der Waals surface area contributed by atoms with Crippen LogP contribution in [0, 0.1) is 0 Å². The number of esters is 4. The highest BCUT2D eigenvalue weighted by molar-refractivity contribution is 5.94. The Morgan fingerprint density at radius 1 is 0.875 bits per heavy atom. The van der Waals surface area contributed by atoms with Gasteiger partial charge in [-0.05, 0) is 0 Å². The van der Waals surface area contributed by atoms with Gasteiger partial charge in [-0.25, -0.2) is 19.2 Å². The van der Waals surface area contributed by atoms with Crippen molar-refractivity contribution < 1.29 is 77.6 Å². The lowest BCUT2D eigenvalue weighted by Gasteiger charge is -2.25. The summed E-state index contributed by atoms with van der Waals surface area (Å²) < 4.78 is 26.8. The smallest absolute Gasteiger partial charge is 0.344 e. The first-order valence-corrected chi connectivity index (χ1v) is 8.45. The summed E-state index contributed by atoms with van der Waals surface area (Å²) in [7, 11) is 2.05. The van der Waals surface area contributed by atoms with E-state index in [9.17, 15) is 39.0 Å². The molecule has 0 saturated carbocycles. The second-order valence-corrected chi connectivity index (χ2v) is 6.16. The maximum absolute atomic E-state index is 11.3. The first-order valence-electron chi connectivity index (χ1n) is 8.45. The quantitative estimate of drug-likeness (QED) is 0.200. The van der Waals surface area contributed by atoms with Crippen molar-refractivity contribution in [2.24, 2.45) is 0 Å². The SMILES string of the molecule is COC(=O)C(O)C1(CC(=O)O)OCOC1=O.COC(=O)CC1(C(O)C(=O)O)OCOC1=O. The van der Waals surface area contributed by atoms with Crippen LogP contribution in [-0.2, 0) is 57.2 Å². The summed E-state index contributed by atoms with van der Waals surface area (Å²) in [5, 5.41) is 36.1. The Morgan fingerprint density at radius 3 is 1.66 bits per heavy atom. The zero-order valence-electron chi connectivity index (χ0n) is 16.7. The van der Waals surface area contributed by atoms with E-state index < -0.39 is 85.7 Å². The summed E-state index contributed by atoms with van der Waals surface area (Å²) in [4.78, 5) is 65.9. The van der Waals surface area contributed by atoms with E-state index in [1.54, 1.807) is 0 Å². The van der Waals surface area contributed by atoms with Gasteiger partial charge in [0.25, 0.3) is 0 Å². The average Bonchev–Trinajstić information content (AvgIpc) is 3.29. The second kappa shape index (κ2) is 10.8. The highest BCUT2D eigenvalue weighted by atomic mass is 16.8. The van der Waals surface area contributed by atoms with Crippen molar-refractivity contribution in [3.8, 4) is 0 Å². The van der Waals surface area contributed by atoms with Gasteiger partial charge in [0, 0.05) is 0 Å². The maximum Gasteiger partial charge on any atom is 0.344 e. The van der Waals surface area contributed by atoms with Gasteiger partial charge in [-0.2, -0.15) is 0 Å². The topological polar surface area (TPSA) is 239 Å². The minimum Gasteiger partial charge on any atom is -0.481 e. The van der Waals surface area contributed by atoms with Gasteiger partial charge < -0.3 is 48.8 Å². The Balaban J connectivity index is 0.000000320. The average molecular weight is 468 g/mol. The molecule has 2 aliphatic heterocycles. The third-order valence-corrected chi connectivity index (χ3v) is 4.29. The molecule has 2 aliphatic rings. The molecule has 0 aliphatic carbocycles. The number of carboxylic acids is 2. The molecule has 0 aromatic heterocycles. The summed E-state index contributed by atoms with van der Waals surface area (Å²) in [6, 6.07) is 0. The zero-order chi connectivity index (χ0) is 24.7. The Bertz CT molecular complexity index is 756. The number of methoxy groups -OCH3 is 2. The minimum absolute atomic E-state index is 0.514. The third-order valence-electron chi connectivity index (χ3n) is 4.29. The van der Waals surface area contributed by atoms with Gasteiger partial charge in [-0.15, -0.1) is 0 Å². The van der Waals surface area contributed by atoms with E-state index in [0.29, 0.717) is 0 Å². The number of rotatable bonds is 8. The predicted octanol–water partition coefficient (Wildman–Crippen LogP) is -3.47. The van der Waals surface area contributed by atoms with Gasteiger partial charge in [0.1, 0.15) is 0 Å². The Labute approximate surface area is 178 Å². The second-order valence-electron chi connectivity index (χ2n) is 6.16. The molecule has 2 saturated heterocycles. The van der Waals surface area contributed by atoms with Crippen molar-refractivity contribution >= 4 is 35.8 Å². The normalized spacial score (nSPS) is 26.0. The molecule has 0 aromatic rings. The summed E-state index contributed by atoms with van der Waals surface area (Å²) in [5.41, 5.74) is -4.45. The zero-order valence-corrected chi connectivity index (χ0v) is 16.7. The van der Waals surface area contributed by atoms with Crippen LogP contribution in [0.5, 0.6) is 0 Å². The van der Waals surface area contributed by atoms with Crippen LogP contribution in [0.2, 0.25) is 0 Å². The summed E-state index contributed by atoms with van der Waals surface area (Å²) >= 11 is 0. The van der Waals surface area contributed by atoms with Crippen LogP contribution in [0.4, 0.5) is 0 Å². The van der Waals surface area contributed by atoms with Crippen LogP contribution < -0.4 is 0 Å². The lowest BCUT2D eigenvalue weighted by atomic mass is 9.93. The molecule has 4 N–H and O–H groups in total. The number of carbonyl (C=O) groups is 6. The van der Waals surface area contributed by atoms with E-state index >= 15 is 0 Å². The van der Waals surface area contributed by atoms with Gasteiger partial charge in [0.2, 0.25) is 11.2 Å². The van der Waals surface area contributed by atoms with Crippen molar-refractivity contribution in [1.29, 1.82) is 0 Å². The summed E-state index contributed by atoms with van der Waals surface area (Å²) in [5.74, 6) is -7.37. The lowest BCUT2D eigenvalue weighted by molar-refractivity contribution is -0.178. The number of hydrogen-bond donors (Lipinski definition) is 4. The highest BCUT2D eigenvalue weighted by Crippen LogP contribution is 2.30. The van der Waals surface area contributed by atoms with E-state index in [-0.39, 0.29) is 0 Å². The number of carbonyl (C=O) groups excluding carboxylic acids is 4. The molecule has 32 heavy (non-hydrogen) atoms. The molecule has 4 unspecified atom stereocenters. The van der Waals surface area contributed by atoms with Crippen LogP contribution in [0.3, 0.4) is 0 Å². The predicted molar refractivity (Wildman–Crippen MR) is 90.1 cm³/mol. The number of aliphatic hydroxyl groups is 2. The van der Waals surface area contributed by atoms with Gasteiger partial charge in [-0.3, -0.25) is 9.59 Å². The molecule has 2 fully saturated rings. The molecular weight excluding hydrogens is 448 g/mol. The lowest BCUT2D eigenvalue weighted by Crippen LogP contribution is -2.53. The number of cyclic esters (lactones) is 2. The number of hydrogen-bond acceptors (Lipinski definition) is 14. The molecule has 0 amide bonds. The van der Waals surface area contributed by atoms with E-state index in [1.165, 1.54) is 0 Å². The molecule has 0 spiro atoms. The largest absolute Gasteiger partial charge is 0.481 e.